The van der Waals surface area contributed by atoms with Crippen molar-refractivity contribution in [3.63, 3.8) is 0 Å². The van der Waals surface area contributed by atoms with E-state index in [4.69, 9.17) is 0 Å². The topological polar surface area (TPSA) is 15.3 Å². The van der Waals surface area contributed by atoms with Crippen LogP contribution in [-0.4, -0.2) is 36.6 Å². The first-order valence-electron chi connectivity index (χ1n) is 8.92. The van der Waals surface area contributed by atoms with Gasteiger partial charge in [-0.1, -0.05) is 27.7 Å². The van der Waals surface area contributed by atoms with Gasteiger partial charge < -0.3 is 10.2 Å². The minimum Gasteiger partial charge on any atom is -0.311 e. The third-order valence-electron chi connectivity index (χ3n) is 5.46. The maximum atomic E-state index is 3.71. The first-order chi connectivity index (χ1) is 9.46. The van der Waals surface area contributed by atoms with Gasteiger partial charge in [0.1, 0.15) is 0 Å². The molecule has 126 valence electrons. The van der Waals surface area contributed by atoms with Crippen LogP contribution in [0.4, 0.5) is 0 Å². The fourth-order valence-corrected chi connectivity index (χ4v) is 3.33. The highest BCUT2D eigenvalue weighted by Crippen LogP contribution is 2.37. The molecule has 1 atom stereocenters. The standard InChI is InChI=1S/C19H40N2/c1-9-19(7,14-20-17(2,3)4)15-21(8)16-10-12-18(5,6)13-11-16/h16,20H,9-15H2,1-8H3. The molecular weight excluding hydrogens is 256 g/mol. The average molecular weight is 297 g/mol. The van der Waals surface area contributed by atoms with Crippen molar-refractivity contribution in [2.24, 2.45) is 10.8 Å². The molecule has 0 aliphatic heterocycles. The second kappa shape index (κ2) is 7.00. The zero-order valence-corrected chi connectivity index (χ0v) is 16.0. The molecule has 0 amide bonds. The number of rotatable bonds is 6. The lowest BCUT2D eigenvalue weighted by Gasteiger charge is -2.42. The van der Waals surface area contributed by atoms with Gasteiger partial charge in [0.25, 0.3) is 0 Å². The van der Waals surface area contributed by atoms with Gasteiger partial charge in [-0.3, -0.25) is 0 Å². The summed E-state index contributed by atoms with van der Waals surface area (Å²) in [5.41, 5.74) is 1.15. The van der Waals surface area contributed by atoms with E-state index in [0.29, 0.717) is 10.8 Å². The maximum Gasteiger partial charge on any atom is 0.00967 e. The zero-order valence-electron chi connectivity index (χ0n) is 16.0. The van der Waals surface area contributed by atoms with Crippen LogP contribution in [0, 0.1) is 10.8 Å². The monoisotopic (exact) mass is 296 g/mol. The summed E-state index contributed by atoms with van der Waals surface area (Å²) in [5, 5.41) is 3.71. The van der Waals surface area contributed by atoms with Crippen LogP contribution >= 0.6 is 0 Å². The van der Waals surface area contributed by atoms with Gasteiger partial charge in [0.05, 0.1) is 0 Å². The molecule has 1 rings (SSSR count). The number of nitrogens with one attached hydrogen (secondary N) is 1. The van der Waals surface area contributed by atoms with Crippen LogP contribution in [0.15, 0.2) is 0 Å². The highest BCUT2D eigenvalue weighted by Gasteiger charge is 2.32. The molecule has 1 unspecified atom stereocenters. The van der Waals surface area contributed by atoms with Crippen molar-refractivity contribution in [3.05, 3.63) is 0 Å². The van der Waals surface area contributed by atoms with Crippen molar-refractivity contribution >= 4 is 0 Å². The van der Waals surface area contributed by atoms with Gasteiger partial charge in [-0.15, -0.1) is 0 Å². The van der Waals surface area contributed by atoms with Gasteiger partial charge in [0.15, 0.2) is 0 Å². The lowest BCUT2D eigenvalue weighted by molar-refractivity contribution is 0.0843. The predicted molar refractivity (Wildman–Crippen MR) is 94.8 cm³/mol. The van der Waals surface area contributed by atoms with Crippen molar-refractivity contribution in [1.29, 1.82) is 0 Å². The van der Waals surface area contributed by atoms with Gasteiger partial charge in [0.2, 0.25) is 0 Å². The molecule has 0 radical (unpaired) electrons. The fraction of sp³-hybridized carbons (Fsp3) is 1.00. The second-order valence-corrected chi connectivity index (χ2v) is 9.58. The summed E-state index contributed by atoms with van der Waals surface area (Å²) < 4.78 is 0. The Morgan fingerprint density at radius 1 is 1.10 bits per heavy atom. The van der Waals surface area contributed by atoms with Crippen LogP contribution < -0.4 is 5.32 Å². The Hall–Kier alpha value is -0.0800. The smallest absolute Gasteiger partial charge is 0.00967 e. The summed E-state index contributed by atoms with van der Waals surface area (Å²) in [4.78, 5) is 2.64. The highest BCUT2D eigenvalue weighted by atomic mass is 15.1. The van der Waals surface area contributed by atoms with E-state index in [1.54, 1.807) is 0 Å². The number of hydrogen-bond acceptors (Lipinski definition) is 2. The van der Waals surface area contributed by atoms with Crippen molar-refractivity contribution in [2.45, 2.75) is 92.2 Å². The van der Waals surface area contributed by atoms with E-state index in [1.807, 2.05) is 0 Å². The van der Waals surface area contributed by atoms with Crippen LogP contribution in [0.25, 0.3) is 0 Å². The lowest BCUT2D eigenvalue weighted by atomic mass is 9.75. The van der Waals surface area contributed by atoms with Gasteiger partial charge in [-0.25, -0.2) is 0 Å². The van der Waals surface area contributed by atoms with Crippen LogP contribution in [-0.2, 0) is 0 Å². The molecule has 0 aromatic carbocycles. The Balaban J connectivity index is 2.52. The summed E-state index contributed by atoms with van der Waals surface area (Å²) in [5.74, 6) is 0. The number of hydrogen-bond donors (Lipinski definition) is 1. The zero-order chi connectivity index (χ0) is 16.3. The largest absolute Gasteiger partial charge is 0.311 e. The Morgan fingerprint density at radius 3 is 2.05 bits per heavy atom. The van der Waals surface area contributed by atoms with Crippen molar-refractivity contribution in [3.8, 4) is 0 Å². The second-order valence-electron chi connectivity index (χ2n) is 9.58. The molecule has 0 spiro atoms. The first kappa shape index (κ1) is 19.0. The molecule has 2 nitrogen and oxygen atoms in total. The van der Waals surface area contributed by atoms with E-state index in [-0.39, 0.29) is 5.54 Å². The summed E-state index contributed by atoms with van der Waals surface area (Å²) in [7, 11) is 2.34. The van der Waals surface area contributed by atoms with Gasteiger partial charge >= 0.3 is 0 Å². The third-order valence-corrected chi connectivity index (χ3v) is 5.46. The molecule has 0 saturated heterocycles. The molecule has 0 bridgehead atoms. The van der Waals surface area contributed by atoms with Gasteiger partial charge in [0, 0.05) is 24.7 Å². The van der Waals surface area contributed by atoms with E-state index in [9.17, 15) is 0 Å². The van der Waals surface area contributed by atoms with Crippen molar-refractivity contribution in [1.82, 2.24) is 10.2 Å². The molecule has 1 aliphatic carbocycles. The van der Waals surface area contributed by atoms with E-state index in [2.05, 4.69) is 65.7 Å². The average Bonchev–Trinajstić information content (AvgIpc) is 2.35. The van der Waals surface area contributed by atoms with Crippen molar-refractivity contribution < 1.29 is 0 Å². The Bertz CT molecular complexity index is 306. The fourth-order valence-electron chi connectivity index (χ4n) is 3.33. The Kier molecular flexibility index (Phi) is 6.32. The molecule has 21 heavy (non-hydrogen) atoms. The minimum atomic E-state index is 0.212. The maximum absolute atomic E-state index is 3.71. The molecule has 1 N–H and O–H groups in total. The molecule has 2 heteroatoms. The third kappa shape index (κ3) is 6.69. The van der Waals surface area contributed by atoms with E-state index in [0.717, 1.165) is 12.6 Å². The summed E-state index contributed by atoms with van der Waals surface area (Å²) in [6.07, 6.45) is 6.74. The predicted octanol–water partition coefficient (Wildman–Crippen LogP) is 4.69. The molecule has 0 heterocycles. The van der Waals surface area contributed by atoms with Gasteiger partial charge in [-0.2, -0.15) is 0 Å². The summed E-state index contributed by atoms with van der Waals surface area (Å²) in [6, 6.07) is 0.790. The first-order valence-corrected chi connectivity index (χ1v) is 8.92. The highest BCUT2D eigenvalue weighted by molar-refractivity contribution is 4.87. The Labute approximate surface area is 134 Å². The van der Waals surface area contributed by atoms with Crippen molar-refractivity contribution in [2.75, 3.05) is 20.1 Å². The van der Waals surface area contributed by atoms with Crippen LogP contribution in [0.2, 0.25) is 0 Å². The summed E-state index contributed by atoms with van der Waals surface area (Å²) in [6.45, 7) is 18.7. The SMILES string of the molecule is CCC(C)(CNC(C)(C)C)CN(C)C1CCC(C)(C)CC1. The lowest BCUT2D eigenvalue weighted by Crippen LogP contribution is -2.49. The van der Waals surface area contributed by atoms with E-state index >= 15 is 0 Å². The van der Waals surface area contributed by atoms with E-state index < -0.39 is 0 Å². The minimum absolute atomic E-state index is 0.212. The molecule has 0 aromatic rings. The van der Waals surface area contributed by atoms with Gasteiger partial charge in [-0.05, 0) is 70.8 Å². The Morgan fingerprint density at radius 2 is 1.62 bits per heavy atom. The molecule has 0 aromatic heterocycles. The molecule has 1 fully saturated rings. The molecule has 1 aliphatic rings. The van der Waals surface area contributed by atoms with E-state index in [1.165, 1.54) is 38.6 Å². The van der Waals surface area contributed by atoms with Crippen LogP contribution in [0.3, 0.4) is 0 Å². The molecular formula is C19H40N2. The van der Waals surface area contributed by atoms with Crippen LogP contribution in [0.5, 0.6) is 0 Å². The summed E-state index contributed by atoms with van der Waals surface area (Å²) >= 11 is 0. The normalized spacial score (nSPS) is 23.3. The molecule has 1 saturated carbocycles. The quantitative estimate of drug-likeness (QED) is 0.765. The number of nitrogens with zero attached hydrogens (tertiary/aromatic N) is 1. The van der Waals surface area contributed by atoms with Crippen LogP contribution in [0.1, 0.15) is 80.6 Å².